The van der Waals surface area contributed by atoms with Crippen LogP contribution in [0.25, 0.3) is 0 Å². The summed E-state index contributed by atoms with van der Waals surface area (Å²) in [6, 6.07) is 13.1. The highest BCUT2D eigenvalue weighted by atomic mass is 19.3. The number of para-hydroxylation sites is 3. The van der Waals surface area contributed by atoms with E-state index in [1.54, 1.807) is 24.3 Å². The van der Waals surface area contributed by atoms with Crippen molar-refractivity contribution in [2.75, 3.05) is 13.2 Å². The van der Waals surface area contributed by atoms with Crippen LogP contribution in [0.15, 0.2) is 48.5 Å². The lowest BCUT2D eigenvalue weighted by molar-refractivity contribution is -0.0504. The largest absolute Gasteiger partial charge is 0.486 e. The van der Waals surface area contributed by atoms with Crippen molar-refractivity contribution >= 4 is 6.03 Å². The molecule has 0 fully saturated rings. The molecular weight excluding hydrogens is 346 g/mol. The predicted molar refractivity (Wildman–Crippen MR) is 89.7 cm³/mol. The summed E-state index contributed by atoms with van der Waals surface area (Å²) in [5.74, 6) is 1.33. The number of fused-ring (bicyclic) bond motifs is 1. The van der Waals surface area contributed by atoms with Gasteiger partial charge in [-0.25, -0.2) is 4.79 Å². The first kappa shape index (κ1) is 17.8. The number of benzene rings is 2. The van der Waals surface area contributed by atoms with E-state index < -0.39 is 12.6 Å². The quantitative estimate of drug-likeness (QED) is 0.827. The minimum Gasteiger partial charge on any atom is -0.486 e. The van der Waals surface area contributed by atoms with E-state index in [-0.39, 0.29) is 24.9 Å². The van der Waals surface area contributed by atoms with Gasteiger partial charge >= 0.3 is 12.6 Å². The molecule has 0 radical (unpaired) electrons. The van der Waals surface area contributed by atoms with Crippen molar-refractivity contribution in [1.82, 2.24) is 10.6 Å². The van der Waals surface area contributed by atoms with E-state index in [1.807, 2.05) is 18.2 Å². The summed E-state index contributed by atoms with van der Waals surface area (Å²) in [5, 5.41) is 5.27. The Bertz CT molecular complexity index is 757. The normalized spacial score (nSPS) is 15.4. The monoisotopic (exact) mass is 364 g/mol. The molecule has 2 amide bonds. The number of ether oxygens (including phenoxy) is 3. The minimum atomic E-state index is -2.92. The Labute approximate surface area is 149 Å². The third-order valence-electron chi connectivity index (χ3n) is 3.69. The third-order valence-corrected chi connectivity index (χ3v) is 3.69. The molecule has 0 bridgehead atoms. The van der Waals surface area contributed by atoms with Crippen LogP contribution in [0.1, 0.15) is 5.56 Å². The molecule has 6 nitrogen and oxygen atoms in total. The molecule has 2 aromatic rings. The van der Waals surface area contributed by atoms with E-state index in [0.717, 1.165) is 0 Å². The molecule has 0 spiro atoms. The maximum absolute atomic E-state index is 12.4. The van der Waals surface area contributed by atoms with E-state index in [1.165, 1.54) is 6.07 Å². The van der Waals surface area contributed by atoms with Crippen molar-refractivity contribution in [1.29, 1.82) is 0 Å². The molecule has 138 valence electrons. The summed E-state index contributed by atoms with van der Waals surface area (Å²) in [7, 11) is 0. The molecule has 1 unspecified atom stereocenters. The summed E-state index contributed by atoms with van der Waals surface area (Å²) < 4.78 is 40.5. The molecule has 1 atom stereocenters. The fourth-order valence-electron chi connectivity index (χ4n) is 2.47. The number of nitrogens with one attached hydrogen (secondary N) is 2. The summed E-state index contributed by atoms with van der Waals surface area (Å²) >= 11 is 0. The zero-order valence-corrected chi connectivity index (χ0v) is 13.8. The molecule has 8 heteroatoms. The molecular formula is C18H18F2N2O4. The molecule has 2 N–H and O–H groups in total. The Morgan fingerprint density at radius 3 is 2.65 bits per heavy atom. The van der Waals surface area contributed by atoms with Crippen molar-refractivity contribution < 1.29 is 27.8 Å². The predicted octanol–water partition coefficient (Wildman–Crippen LogP) is 2.93. The topological polar surface area (TPSA) is 68.8 Å². The number of hydrogen-bond acceptors (Lipinski definition) is 4. The van der Waals surface area contributed by atoms with Crippen LogP contribution < -0.4 is 24.8 Å². The molecule has 0 saturated heterocycles. The first-order chi connectivity index (χ1) is 12.6. The standard InChI is InChI=1S/C18H18F2N2O4/c19-17(20)26-14-6-2-1-5-12(14)9-21-18(23)22-10-13-11-24-15-7-3-4-8-16(15)25-13/h1-8,13,17H,9-11H2,(H2,21,22,23). The molecule has 1 aliphatic rings. The smallest absolute Gasteiger partial charge is 0.387 e. The third kappa shape index (κ3) is 4.75. The molecule has 1 aliphatic heterocycles. The van der Waals surface area contributed by atoms with E-state index in [4.69, 9.17) is 9.47 Å². The summed E-state index contributed by atoms with van der Waals surface area (Å²) in [6.07, 6.45) is -0.315. The Morgan fingerprint density at radius 1 is 1.12 bits per heavy atom. The van der Waals surface area contributed by atoms with Crippen molar-refractivity contribution in [3.63, 3.8) is 0 Å². The van der Waals surface area contributed by atoms with Crippen LogP contribution in [0, 0.1) is 0 Å². The van der Waals surface area contributed by atoms with E-state index in [0.29, 0.717) is 23.7 Å². The SMILES string of the molecule is O=C(NCc1ccccc1OC(F)F)NCC1COc2ccccc2O1. The van der Waals surface area contributed by atoms with E-state index in [9.17, 15) is 13.6 Å². The number of carbonyl (C=O) groups excluding carboxylic acids is 1. The lowest BCUT2D eigenvalue weighted by Crippen LogP contribution is -2.44. The Kier molecular flexibility index (Phi) is 5.73. The zero-order chi connectivity index (χ0) is 18.4. The number of alkyl halides is 2. The van der Waals surface area contributed by atoms with Gasteiger partial charge in [0.05, 0.1) is 6.54 Å². The van der Waals surface area contributed by atoms with Gasteiger partial charge in [0.2, 0.25) is 0 Å². The van der Waals surface area contributed by atoms with E-state index >= 15 is 0 Å². The van der Waals surface area contributed by atoms with Gasteiger partial charge in [0.25, 0.3) is 0 Å². The van der Waals surface area contributed by atoms with Crippen molar-refractivity contribution in [3.05, 3.63) is 54.1 Å². The molecule has 3 rings (SSSR count). The second-order valence-corrected chi connectivity index (χ2v) is 5.55. The fourth-order valence-corrected chi connectivity index (χ4v) is 2.47. The van der Waals surface area contributed by atoms with E-state index in [2.05, 4.69) is 15.4 Å². The van der Waals surface area contributed by atoms with Gasteiger partial charge in [0, 0.05) is 12.1 Å². The van der Waals surface area contributed by atoms with Crippen LogP contribution in [0.2, 0.25) is 0 Å². The molecule has 0 aromatic heterocycles. The molecule has 1 heterocycles. The lowest BCUT2D eigenvalue weighted by Gasteiger charge is -2.26. The maximum Gasteiger partial charge on any atom is 0.387 e. The average Bonchev–Trinajstić information content (AvgIpc) is 2.65. The Hall–Kier alpha value is -3.03. The number of halogens is 2. The van der Waals surface area contributed by atoms with Crippen molar-refractivity contribution in [2.45, 2.75) is 19.3 Å². The molecule has 2 aromatic carbocycles. The van der Waals surface area contributed by atoms with Gasteiger partial charge in [-0.05, 0) is 18.2 Å². The van der Waals surface area contributed by atoms with Gasteiger partial charge in [0.15, 0.2) is 17.6 Å². The van der Waals surface area contributed by atoms with Crippen LogP contribution in [-0.2, 0) is 6.54 Å². The van der Waals surface area contributed by atoms with Gasteiger partial charge in [-0.1, -0.05) is 30.3 Å². The van der Waals surface area contributed by atoms with Crippen molar-refractivity contribution in [3.8, 4) is 17.2 Å². The summed E-state index contributed by atoms with van der Waals surface area (Å²) in [5.41, 5.74) is 0.453. The first-order valence-corrected chi connectivity index (χ1v) is 8.04. The van der Waals surface area contributed by atoms with Crippen LogP contribution in [0.3, 0.4) is 0 Å². The zero-order valence-electron chi connectivity index (χ0n) is 13.8. The maximum atomic E-state index is 12.4. The van der Waals surface area contributed by atoms with Gasteiger partial charge < -0.3 is 24.8 Å². The van der Waals surface area contributed by atoms with Crippen LogP contribution in [0.5, 0.6) is 17.2 Å². The van der Waals surface area contributed by atoms with Gasteiger partial charge in [0.1, 0.15) is 12.4 Å². The molecule has 0 saturated carbocycles. The average molecular weight is 364 g/mol. The number of urea groups is 1. The second-order valence-electron chi connectivity index (χ2n) is 5.55. The van der Waals surface area contributed by atoms with Crippen LogP contribution in [0.4, 0.5) is 13.6 Å². The number of amides is 2. The number of rotatable bonds is 6. The summed E-state index contributed by atoms with van der Waals surface area (Å²) in [6.45, 7) is -2.30. The lowest BCUT2D eigenvalue weighted by atomic mass is 10.2. The van der Waals surface area contributed by atoms with Crippen LogP contribution >= 0.6 is 0 Å². The molecule has 26 heavy (non-hydrogen) atoms. The van der Waals surface area contributed by atoms with Gasteiger partial charge in [-0.3, -0.25) is 0 Å². The highest BCUT2D eigenvalue weighted by Gasteiger charge is 2.21. The fraction of sp³-hybridized carbons (Fsp3) is 0.278. The van der Waals surface area contributed by atoms with Gasteiger partial charge in [-0.2, -0.15) is 8.78 Å². The van der Waals surface area contributed by atoms with Crippen molar-refractivity contribution in [2.24, 2.45) is 0 Å². The Balaban J connectivity index is 1.46. The number of carbonyl (C=O) groups is 1. The highest BCUT2D eigenvalue weighted by Crippen LogP contribution is 2.30. The second kappa shape index (κ2) is 8.37. The highest BCUT2D eigenvalue weighted by molar-refractivity contribution is 5.74. The van der Waals surface area contributed by atoms with Gasteiger partial charge in [-0.15, -0.1) is 0 Å². The number of hydrogen-bond donors (Lipinski definition) is 2. The van der Waals surface area contributed by atoms with Crippen LogP contribution in [-0.4, -0.2) is 31.9 Å². The summed E-state index contributed by atoms with van der Waals surface area (Å²) in [4.78, 5) is 11.9. The molecule has 0 aliphatic carbocycles. The minimum absolute atomic E-state index is 0.0309. The first-order valence-electron chi connectivity index (χ1n) is 8.04. The Morgan fingerprint density at radius 2 is 1.85 bits per heavy atom.